The van der Waals surface area contributed by atoms with Gasteiger partial charge in [0.25, 0.3) is 11.5 Å². The lowest BCUT2D eigenvalue weighted by molar-refractivity contribution is 0.0825. The molecule has 0 spiro atoms. The molecule has 1 heterocycles. The largest absolute Gasteiger partial charge is 0.345 e. The molecule has 0 aliphatic heterocycles. The third kappa shape index (κ3) is 2.70. The maximum atomic E-state index is 11.9. The fraction of sp³-hybridized carbons (Fsp3) is 0.214. The minimum Gasteiger partial charge on any atom is -0.345 e. The Kier molecular flexibility index (Phi) is 3.46. The van der Waals surface area contributed by atoms with E-state index in [0.717, 1.165) is 11.1 Å². The van der Waals surface area contributed by atoms with Crippen LogP contribution in [0.2, 0.25) is 0 Å². The van der Waals surface area contributed by atoms with Crippen LogP contribution in [-0.2, 0) is 0 Å². The van der Waals surface area contributed by atoms with E-state index >= 15 is 0 Å². The fourth-order valence-electron chi connectivity index (χ4n) is 1.65. The quantitative estimate of drug-likeness (QED) is 0.885. The Hall–Kier alpha value is -2.43. The molecule has 0 atom stereocenters. The molecule has 0 aliphatic carbocycles. The van der Waals surface area contributed by atoms with Crippen molar-refractivity contribution >= 4 is 5.91 Å². The molecule has 0 fully saturated rings. The number of aromatic amines is 1. The Bertz CT molecular complexity index is 657. The van der Waals surface area contributed by atoms with Gasteiger partial charge in [0.1, 0.15) is 11.4 Å². The van der Waals surface area contributed by atoms with E-state index in [-0.39, 0.29) is 11.5 Å². The van der Waals surface area contributed by atoms with Crippen LogP contribution in [0.25, 0.3) is 11.4 Å². The summed E-state index contributed by atoms with van der Waals surface area (Å²) in [5.74, 6) is 0.101. The monoisotopic (exact) mass is 257 g/mol. The molecule has 0 radical (unpaired) electrons. The van der Waals surface area contributed by atoms with Crippen LogP contribution >= 0.6 is 0 Å². The number of carbonyl (C=O) groups excluding carboxylic acids is 1. The predicted molar refractivity (Wildman–Crippen MR) is 73.0 cm³/mol. The normalized spacial score (nSPS) is 10.3. The number of hydrogen-bond donors (Lipinski definition) is 1. The van der Waals surface area contributed by atoms with Gasteiger partial charge >= 0.3 is 0 Å². The molecule has 19 heavy (non-hydrogen) atoms. The Morgan fingerprint density at radius 1 is 1.21 bits per heavy atom. The highest BCUT2D eigenvalue weighted by Gasteiger charge is 2.13. The molecule has 0 saturated heterocycles. The lowest BCUT2D eigenvalue weighted by Crippen LogP contribution is -2.29. The first kappa shape index (κ1) is 13.0. The van der Waals surface area contributed by atoms with E-state index in [1.807, 2.05) is 31.2 Å². The van der Waals surface area contributed by atoms with Gasteiger partial charge < -0.3 is 9.88 Å². The van der Waals surface area contributed by atoms with Crippen LogP contribution in [-0.4, -0.2) is 34.9 Å². The Morgan fingerprint density at radius 3 is 2.37 bits per heavy atom. The summed E-state index contributed by atoms with van der Waals surface area (Å²) in [5.41, 5.74) is 1.56. The minimum atomic E-state index is -0.427. The summed E-state index contributed by atoms with van der Waals surface area (Å²) in [6, 6.07) is 7.63. The van der Waals surface area contributed by atoms with Crippen molar-refractivity contribution in [1.29, 1.82) is 0 Å². The summed E-state index contributed by atoms with van der Waals surface area (Å²) in [5, 5.41) is 0. The molecule has 5 heteroatoms. The number of carbonyl (C=O) groups is 1. The maximum absolute atomic E-state index is 11.9. The summed E-state index contributed by atoms with van der Waals surface area (Å²) in [7, 11) is 3.19. The van der Waals surface area contributed by atoms with Gasteiger partial charge in [-0.15, -0.1) is 0 Å². The van der Waals surface area contributed by atoms with E-state index in [0.29, 0.717) is 5.82 Å². The summed E-state index contributed by atoms with van der Waals surface area (Å²) in [6.07, 6.45) is 1.32. The second kappa shape index (κ2) is 5.06. The highest BCUT2D eigenvalue weighted by atomic mass is 16.2. The van der Waals surface area contributed by atoms with Crippen molar-refractivity contribution in [2.24, 2.45) is 0 Å². The third-order valence-corrected chi connectivity index (χ3v) is 2.76. The van der Waals surface area contributed by atoms with Crippen LogP contribution in [0.5, 0.6) is 0 Å². The van der Waals surface area contributed by atoms with E-state index in [2.05, 4.69) is 9.97 Å². The van der Waals surface area contributed by atoms with E-state index in [1.54, 1.807) is 14.1 Å². The zero-order valence-corrected chi connectivity index (χ0v) is 11.1. The summed E-state index contributed by atoms with van der Waals surface area (Å²) >= 11 is 0. The lowest BCUT2D eigenvalue weighted by atomic mass is 10.1. The summed E-state index contributed by atoms with van der Waals surface area (Å²) in [4.78, 5) is 31.7. The Balaban J connectivity index is 2.42. The zero-order valence-electron chi connectivity index (χ0n) is 11.1. The van der Waals surface area contributed by atoms with E-state index in [4.69, 9.17) is 0 Å². The molecule has 2 aromatic rings. The first-order valence-electron chi connectivity index (χ1n) is 5.87. The maximum Gasteiger partial charge on any atom is 0.264 e. The lowest BCUT2D eigenvalue weighted by Gasteiger charge is -2.09. The standard InChI is InChI=1S/C14H15N3O2/c1-9-4-6-10(7-5-9)12-15-8-11(13(18)16-12)14(19)17(2)3/h4-8H,1-3H3,(H,15,16,18). The molecule has 0 saturated carbocycles. The predicted octanol–water partition coefficient (Wildman–Crippen LogP) is 1.45. The van der Waals surface area contributed by atoms with Crippen molar-refractivity contribution in [3.8, 4) is 11.4 Å². The van der Waals surface area contributed by atoms with Crippen LogP contribution in [0.3, 0.4) is 0 Å². The van der Waals surface area contributed by atoms with Crippen LogP contribution < -0.4 is 5.56 Å². The molecule has 1 N–H and O–H groups in total. The van der Waals surface area contributed by atoms with Crippen molar-refractivity contribution in [1.82, 2.24) is 14.9 Å². The highest BCUT2D eigenvalue weighted by Crippen LogP contribution is 2.13. The molecule has 0 bridgehead atoms. The van der Waals surface area contributed by atoms with Gasteiger partial charge in [0.2, 0.25) is 0 Å². The van der Waals surface area contributed by atoms with Gasteiger partial charge in [0.15, 0.2) is 0 Å². The van der Waals surface area contributed by atoms with E-state index in [1.165, 1.54) is 11.1 Å². The molecule has 2 rings (SSSR count). The van der Waals surface area contributed by atoms with Crippen molar-refractivity contribution in [2.75, 3.05) is 14.1 Å². The third-order valence-electron chi connectivity index (χ3n) is 2.76. The number of nitrogens with zero attached hydrogens (tertiary/aromatic N) is 2. The molecular weight excluding hydrogens is 242 g/mol. The average molecular weight is 257 g/mol. The molecule has 98 valence electrons. The topological polar surface area (TPSA) is 66.1 Å². The minimum absolute atomic E-state index is 0.0425. The zero-order chi connectivity index (χ0) is 14.0. The fourth-order valence-corrected chi connectivity index (χ4v) is 1.65. The number of nitrogens with one attached hydrogen (secondary N) is 1. The summed E-state index contributed by atoms with van der Waals surface area (Å²) in [6.45, 7) is 1.98. The van der Waals surface area contributed by atoms with Crippen LogP contribution in [0, 0.1) is 6.92 Å². The second-order valence-electron chi connectivity index (χ2n) is 4.54. The van der Waals surface area contributed by atoms with Gasteiger partial charge in [0, 0.05) is 25.9 Å². The first-order chi connectivity index (χ1) is 8.99. The number of aryl methyl sites for hydroxylation is 1. The van der Waals surface area contributed by atoms with Gasteiger partial charge in [0.05, 0.1) is 0 Å². The number of aromatic nitrogens is 2. The SMILES string of the molecule is Cc1ccc(-c2ncc(C(=O)N(C)C)c(=O)[nH]2)cc1. The Labute approximate surface area is 110 Å². The second-order valence-corrected chi connectivity index (χ2v) is 4.54. The number of H-pyrrole nitrogens is 1. The summed E-state index contributed by atoms with van der Waals surface area (Å²) < 4.78 is 0. The van der Waals surface area contributed by atoms with Gasteiger partial charge in [-0.25, -0.2) is 4.98 Å². The van der Waals surface area contributed by atoms with Gasteiger partial charge in [-0.3, -0.25) is 9.59 Å². The van der Waals surface area contributed by atoms with Crippen molar-refractivity contribution < 1.29 is 4.79 Å². The van der Waals surface area contributed by atoms with E-state index in [9.17, 15) is 9.59 Å². The Morgan fingerprint density at radius 2 is 1.84 bits per heavy atom. The number of hydrogen-bond acceptors (Lipinski definition) is 3. The molecule has 1 aromatic heterocycles. The van der Waals surface area contributed by atoms with Crippen LogP contribution in [0.4, 0.5) is 0 Å². The average Bonchev–Trinajstić information content (AvgIpc) is 2.38. The highest BCUT2D eigenvalue weighted by molar-refractivity contribution is 5.93. The van der Waals surface area contributed by atoms with Crippen molar-refractivity contribution in [3.63, 3.8) is 0 Å². The molecule has 1 amide bonds. The molecule has 0 aliphatic rings. The number of amides is 1. The molecular formula is C14H15N3O2. The number of benzene rings is 1. The first-order valence-corrected chi connectivity index (χ1v) is 5.87. The van der Waals surface area contributed by atoms with Crippen LogP contribution in [0.1, 0.15) is 15.9 Å². The van der Waals surface area contributed by atoms with Gasteiger partial charge in [-0.1, -0.05) is 29.8 Å². The van der Waals surface area contributed by atoms with Crippen molar-refractivity contribution in [2.45, 2.75) is 6.92 Å². The number of rotatable bonds is 2. The van der Waals surface area contributed by atoms with Crippen LogP contribution in [0.15, 0.2) is 35.3 Å². The molecule has 1 aromatic carbocycles. The van der Waals surface area contributed by atoms with Crippen molar-refractivity contribution in [3.05, 3.63) is 51.9 Å². The van der Waals surface area contributed by atoms with Gasteiger partial charge in [-0.2, -0.15) is 0 Å². The van der Waals surface area contributed by atoms with Gasteiger partial charge in [-0.05, 0) is 6.92 Å². The molecule has 0 unspecified atom stereocenters. The van der Waals surface area contributed by atoms with E-state index < -0.39 is 5.56 Å². The smallest absolute Gasteiger partial charge is 0.264 e. The molecule has 5 nitrogen and oxygen atoms in total.